The topological polar surface area (TPSA) is 27.7 Å². The number of hydrogen-bond donors (Lipinski definition) is 0. The molecule has 0 aliphatic heterocycles. The third-order valence-electron chi connectivity index (χ3n) is 5.89. The second kappa shape index (κ2) is 8.27. The highest BCUT2D eigenvalue weighted by molar-refractivity contribution is 9.09. The molecule has 0 amide bonds. The number of alkyl halides is 1. The number of fused-ring (bicyclic) bond motifs is 4. The number of halogens is 1. The third-order valence-corrected chi connectivity index (χ3v) is 6.22. The number of methoxy groups -OCH3 is 2. The van der Waals surface area contributed by atoms with E-state index in [1.165, 1.54) is 38.6 Å². The smallest absolute Gasteiger partial charge is 0.119 e. The Morgan fingerprint density at radius 3 is 2.42 bits per heavy atom. The van der Waals surface area contributed by atoms with Crippen LogP contribution >= 0.6 is 15.9 Å². The van der Waals surface area contributed by atoms with Gasteiger partial charge >= 0.3 is 0 Å². The number of ether oxygens (including phenoxy) is 3. The summed E-state index contributed by atoms with van der Waals surface area (Å²) in [6.07, 6.45) is 0.872. The number of rotatable bonds is 6. The van der Waals surface area contributed by atoms with Crippen molar-refractivity contribution in [2.45, 2.75) is 6.42 Å². The van der Waals surface area contributed by atoms with E-state index < -0.39 is 0 Å². The van der Waals surface area contributed by atoms with Gasteiger partial charge in [0.25, 0.3) is 0 Å². The van der Waals surface area contributed by atoms with Crippen molar-refractivity contribution in [2.24, 2.45) is 0 Å². The largest absolute Gasteiger partial charge is 0.497 e. The molecule has 0 fully saturated rings. The van der Waals surface area contributed by atoms with Gasteiger partial charge in [0.05, 0.1) is 20.8 Å². The van der Waals surface area contributed by atoms with Gasteiger partial charge in [-0.05, 0) is 93.0 Å². The van der Waals surface area contributed by atoms with Gasteiger partial charge in [-0.2, -0.15) is 0 Å². The van der Waals surface area contributed by atoms with E-state index >= 15 is 0 Å². The monoisotopic (exact) mass is 474 g/mol. The first kappa shape index (κ1) is 20.0. The van der Waals surface area contributed by atoms with Crippen LogP contribution in [0.25, 0.3) is 33.0 Å². The molecule has 156 valence electrons. The Labute approximate surface area is 190 Å². The fourth-order valence-corrected chi connectivity index (χ4v) is 4.65. The minimum atomic E-state index is 0.635. The normalized spacial score (nSPS) is 11.8. The molecule has 4 heteroatoms. The van der Waals surface area contributed by atoms with Gasteiger partial charge in [-0.1, -0.05) is 40.2 Å². The molecule has 1 aliphatic carbocycles. The van der Waals surface area contributed by atoms with E-state index in [0.717, 1.165) is 34.6 Å². The van der Waals surface area contributed by atoms with Crippen LogP contribution in [0.3, 0.4) is 0 Å². The Morgan fingerprint density at radius 2 is 1.61 bits per heavy atom. The van der Waals surface area contributed by atoms with Crippen molar-refractivity contribution in [3.05, 3.63) is 77.9 Å². The first-order valence-electron chi connectivity index (χ1n) is 10.3. The predicted octanol–water partition coefficient (Wildman–Crippen LogP) is 6.87. The molecule has 0 radical (unpaired) electrons. The van der Waals surface area contributed by atoms with Crippen LogP contribution in [0.5, 0.6) is 17.2 Å². The van der Waals surface area contributed by atoms with Crippen LogP contribution in [0.4, 0.5) is 0 Å². The Kier molecular flexibility index (Phi) is 5.33. The molecule has 4 aromatic carbocycles. The summed E-state index contributed by atoms with van der Waals surface area (Å²) in [6, 6.07) is 23.4. The molecule has 3 nitrogen and oxygen atoms in total. The van der Waals surface area contributed by atoms with Crippen molar-refractivity contribution in [3.63, 3.8) is 0 Å². The second-order valence-electron chi connectivity index (χ2n) is 7.63. The van der Waals surface area contributed by atoms with Gasteiger partial charge in [0.15, 0.2) is 0 Å². The van der Waals surface area contributed by atoms with Crippen molar-refractivity contribution in [3.8, 4) is 39.5 Å². The number of hydrogen-bond acceptors (Lipinski definition) is 3. The molecular formula is C27H23BrO3. The fraction of sp³-hybridized carbons (Fsp3) is 0.185. The lowest BCUT2D eigenvalue weighted by Crippen LogP contribution is -1.98. The van der Waals surface area contributed by atoms with Gasteiger partial charge in [0, 0.05) is 5.33 Å². The van der Waals surface area contributed by atoms with Crippen molar-refractivity contribution in [1.82, 2.24) is 0 Å². The van der Waals surface area contributed by atoms with E-state index in [9.17, 15) is 0 Å². The highest BCUT2D eigenvalue weighted by Crippen LogP contribution is 2.47. The summed E-state index contributed by atoms with van der Waals surface area (Å²) in [6.45, 7) is 0.635. The van der Waals surface area contributed by atoms with Crippen LogP contribution < -0.4 is 14.2 Å². The van der Waals surface area contributed by atoms with Crippen LogP contribution in [0, 0.1) is 0 Å². The summed E-state index contributed by atoms with van der Waals surface area (Å²) in [5.41, 5.74) is 7.59. The predicted molar refractivity (Wildman–Crippen MR) is 130 cm³/mol. The second-order valence-corrected chi connectivity index (χ2v) is 8.42. The zero-order valence-corrected chi connectivity index (χ0v) is 19.2. The van der Waals surface area contributed by atoms with E-state index in [4.69, 9.17) is 14.2 Å². The SMILES string of the molecule is COc1ccc2c(c1)Cc1c-2cc2ccc(OC)cc2c1-c1cccc(OCCBr)c1. The Balaban J connectivity index is 1.76. The van der Waals surface area contributed by atoms with E-state index in [1.54, 1.807) is 14.2 Å². The summed E-state index contributed by atoms with van der Waals surface area (Å²) < 4.78 is 16.9. The van der Waals surface area contributed by atoms with Gasteiger partial charge < -0.3 is 14.2 Å². The van der Waals surface area contributed by atoms with Gasteiger partial charge in [-0.15, -0.1) is 0 Å². The van der Waals surface area contributed by atoms with Crippen LogP contribution in [0.2, 0.25) is 0 Å². The Bertz CT molecular complexity index is 1280. The maximum absolute atomic E-state index is 5.90. The summed E-state index contributed by atoms with van der Waals surface area (Å²) in [7, 11) is 3.43. The zero-order chi connectivity index (χ0) is 21.4. The van der Waals surface area contributed by atoms with E-state index in [1.807, 2.05) is 18.2 Å². The average molecular weight is 475 g/mol. The van der Waals surface area contributed by atoms with Gasteiger partial charge in [0.1, 0.15) is 17.2 Å². The van der Waals surface area contributed by atoms with Crippen LogP contribution in [-0.4, -0.2) is 26.2 Å². The molecule has 0 atom stereocenters. The molecule has 0 unspecified atom stereocenters. The standard InChI is InChI=1S/C27H23BrO3/c1-29-20-8-9-23-19(13-20)15-26-25(23)14-17-6-7-21(30-2)16-24(17)27(26)18-4-3-5-22(12-18)31-11-10-28/h3-9,12-14,16H,10-11,15H2,1-2H3. The molecule has 0 saturated carbocycles. The molecule has 1 aliphatic rings. The van der Waals surface area contributed by atoms with Crippen molar-refractivity contribution in [1.29, 1.82) is 0 Å². The minimum Gasteiger partial charge on any atom is -0.497 e. The quantitative estimate of drug-likeness (QED) is 0.251. The Hall–Kier alpha value is -2.98. The molecule has 5 rings (SSSR count). The van der Waals surface area contributed by atoms with E-state index in [2.05, 4.69) is 64.5 Å². The molecule has 0 heterocycles. The van der Waals surface area contributed by atoms with Crippen LogP contribution in [-0.2, 0) is 6.42 Å². The van der Waals surface area contributed by atoms with Crippen molar-refractivity contribution >= 4 is 26.7 Å². The molecule has 0 N–H and O–H groups in total. The first-order valence-corrected chi connectivity index (χ1v) is 11.4. The van der Waals surface area contributed by atoms with Crippen LogP contribution in [0.1, 0.15) is 11.1 Å². The van der Waals surface area contributed by atoms with Crippen molar-refractivity contribution < 1.29 is 14.2 Å². The lowest BCUT2D eigenvalue weighted by molar-refractivity contribution is 0.345. The van der Waals surface area contributed by atoms with Gasteiger partial charge in [0.2, 0.25) is 0 Å². The molecule has 0 spiro atoms. The third kappa shape index (κ3) is 3.55. The summed E-state index contributed by atoms with van der Waals surface area (Å²) in [4.78, 5) is 0. The highest BCUT2D eigenvalue weighted by atomic mass is 79.9. The summed E-state index contributed by atoms with van der Waals surface area (Å²) >= 11 is 3.44. The fourth-order valence-electron chi connectivity index (χ4n) is 4.49. The molecular weight excluding hydrogens is 452 g/mol. The molecule has 0 aromatic heterocycles. The maximum Gasteiger partial charge on any atom is 0.119 e. The molecule has 0 saturated heterocycles. The lowest BCUT2D eigenvalue weighted by Gasteiger charge is -2.16. The average Bonchev–Trinajstić information content (AvgIpc) is 3.17. The lowest BCUT2D eigenvalue weighted by atomic mass is 9.89. The molecule has 0 bridgehead atoms. The van der Waals surface area contributed by atoms with E-state index in [0.29, 0.717) is 6.61 Å². The number of benzene rings is 4. The zero-order valence-electron chi connectivity index (χ0n) is 17.6. The van der Waals surface area contributed by atoms with E-state index in [-0.39, 0.29) is 0 Å². The molecule has 31 heavy (non-hydrogen) atoms. The minimum absolute atomic E-state index is 0.635. The maximum atomic E-state index is 5.90. The molecule has 4 aromatic rings. The summed E-state index contributed by atoms with van der Waals surface area (Å²) in [5, 5.41) is 3.19. The van der Waals surface area contributed by atoms with Crippen LogP contribution in [0.15, 0.2) is 66.7 Å². The summed E-state index contributed by atoms with van der Waals surface area (Å²) in [5.74, 6) is 2.63. The highest BCUT2D eigenvalue weighted by Gasteiger charge is 2.25. The van der Waals surface area contributed by atoms with Gasteiger partial charge in [-0.25, -0.2) is 0 Å². The van der Waals surface area contributed by atoms with Gasteiger partial charge in [-0.3, -0.25) is 0 Å². The Morgan fingerprint density at radius 1 is 0.806 bits per heavy atom. The van der Waals surface area contributed by atoms with Crippen molar-refractivity contribution in [2.75, 3.05) is 26.2 Å². The first-order chi connectivity index (χ1) is 15.2.